The van der Waals surface area contributed by atoms with Gasteiger partial charge in [0.25, 0.3) is 11.8 Å². The van der Waals surface area contributed by atoms with E-state index in [1.165, 1.54) is 20.3 Å². The quantitative estimate of drug-likeness (QED) is 0.585. The van der Waals surface area contributed by atoms with Gasteiger partial charge in [-0.25, -0.2) is 4.39 Å². The number of nitrogens with one attached hydrogen (secondary N) is 1. The Hall–Kier alpha value is -4.07. The standard InChI is InChI=1S/C26H25FN2O5/c1-16-26(31)29(14-18-6-4-5-7-21(18)27)15-19-12-20(9-11-22(19)34-16)28-25(30)17-8-10-23(32-2)24(13-17)33-3/h4-13,16H,14-15H2,1-3H3,(H,28,30). The molecule has 3 aromatic rings. The number of methoxy groups -OCH3 is 2. The molecule has 4 rings (SSSR count). The Morgan fingerprint density at radius 2 is 1.85 bits per heavy atom. The minimum Gasteiger partial charge on any atom is -0.493 e. The van der Waals surface area contributed by atoms with E-state index >= 15 is 0 Å². The normalized spacial score (nSPS) is 15.1. The zero-order chi connectivity index (χ0) is 24.2. The van der Waals surface area contributed by atoms with Crippen LogP contribution in [0.5, 0.6) is 17.2 Å². The smallest absolute Gasteiger partial charge is 0.263 e. The number of carbonyl (C=O) groups is 2. The average molecular weight is 464 g/mol. The molecule has 0 aliphatic carbocycles. The van der Waals surface area contributed by atoms with Crippen molar-refractivity contribution in [2.24, 2.45) is 0 Å². The van der Waals surface area contributed by atoms with Crippen molar-refractivity contribution in [3.8, 4) is 17.2 Å². The summed E-state index contributed by atoms with van der Waals surface area (Å²) >= 11 is 0. The van der Waals surface area contributed by atoms with E-state index in [0.717, 1.165) is 0 Å². The second kappa shape index (κ2) is 9.82. The van der Waals surface area contributed by atoms with Crippen molar-refractivity contribution in [2.45, 2.75) is 26.1 Å². The Balaban J connectivity index is 1.57. The minimum atomic E-state index is -0.722. The summed E-state index contributed by atoms with van der Waals surface area (Å²) in [4.78, 5) is 27.2. The van der Waals surface area contributed by atoms with Crippen molar-refractivity contribution in [3.05, 3.63) is 83.2 Å². The van der Waals surface area contributed by atoms with Crippen LogP contribution < -0.4 is 19.5 Å². The van der Waals surface area contributed by atoms with Crippen LogP contribution in [-0.2, 0) is 17.9 Å². The number of carbonyl (C=O) groups excluding carboxylic acids is 2. The molecule has 34 heavy (non-hydrogen) atoms. The van der Waals surface area contributed by atoms with Gasteiger partial charge in [0.1, 0.15) is 11.6 Å². The van der Waals surface area contributed by atoms with Crippen LogP contribution in [0.3, 0.4) is 0 Å². The van der Waals surface area contributed by atoms with Gasteiger partial charge in [-0.1, -0.05) is 18.2 Å². The molecule has 1 aliphatic heterocycles. The van der Waals surface area contributed by atoms with Gasteiger partial charge < -0.3 is 24.4 Å². The van der Waals surface area contributed by atoms with Crippen molar-refractivity contribution in [2.75, 3.05) is 19.5 Å². The summed E-state index contributed by atoms with van der Waals surface area (Å²) in [7, 11) is 3.03. The molecule has 1 atom stereocenters. The Kier molecular flexibility index (Phi) is 6.67. The zero-order valence-corrected chi connectivity index (χ0v) is 19.1. The average Bonchev–Trinajstić information content (AvgIpc) is 2.96. The first-order valence-electron chi connectivity index (χ1n) is 10.7. The summed E-state index contributed by atoms with van der Waals surface area (Å²) in [6, 6.07) is 16.4. The van der Waals surface area contributed by atoms with Crippen LogP contribution in [0.1, 0.15) is 28.4 Å². The Labute approximate surface area is 197 Å². The maximum atomic E-state index is 14.2. The molecule has 1 N–H and O–H groups in total. The number of benzene rings is 3. The first-order valence-corrected chi connectivity index (χ1v) is 10.7. The molecule has 7 nitrogen and oxygen atoms in total. The fourth-order valence-electron chi connectivity index (χ4n) is 3.82. The second-order valence-corrected chi connectivity index (χ2v) is 7.89. The third kappa shape index (κ3) is 4.80. The highest BCUT2D eigenvalue weighted by molar-refractivity contribution is 6.04. The monoisotopic (exact) mass is 464 g/mol. The molecule has 8 heteroatoms. The molecule has 0 bridgehead atoms. The third-order valence-corrected chi connectivity index (χ3v) is 5.61. The molecule has 3 aromatic carbocycles. The number of nitrogens with zero attached hydrogens (tertiary/aromatic N) is 1. The fraction of sp³-hybridized carbons (Fsp3) is 0.231. The van der Waals surface area contributed by atoms with Gasteiger partial charge in [-0.15, -0.1) is 0 Å². The molecular weight excluding hydrogens is 439 g/mol. The van der Waals surface area contributed by atoms with Crippen molar-refractivity contribution < 1.29 is 28.2 Å². The first-order chi connectivity index (χ1) is 16.4. The van der Waals surface area contributed by atoms with Crippen LogP contribution in [0, 0.1) is 5.82 Å². The van der Waals surface area contributed by atoms with Gasteiger partial charge in [-0.2, -0.15) is 0 Å². The van der Waals surface area contributed by atoms with E-state index < -0.39 is 6.10 Å². The summed E-state index contributed by atoms with van der Waals surface area (Å²) in [5.41, 5.74) is 2.06. The number of ether oxygens (including phenoxy) is 3. The summed E-state index contributed by atoms with van der Waals surface area (Å²) in [5, 5.41) is 2.86. The van der Waals surface area contributed by atoms with E-state index in [9.17, 15) is 14.0 Å². The van der Waals surface area contributed by atoms with E-state index in [0.29, 0.717) is 39.6 Å². The molecule has 1 aliphatic rings. The largest absolute Gasteiger partial charge is 0.493 e. The topological polar surface area (TPSA) is 77.1 Å². The number of hydrogen-bond donors (Lipinski definition) is 1. The molecule has 1 unspecified atom stereocenters. The van der Waals surface area contributed by atoms with Crippen LogP contribution in [0.2, 0.25) is 0 Å². The fourth-order valence-corrected chi connectivity index (χ4v) is 3.82. The van der Waals surface area contributed by atoms with Crippen molar-refractivity contribution in [1.29, 1.82) is 0 Å². The summed E-state index contributed by atoms with van der Waals surface area (Å²) < 4.78 is 30.5. The lowest BCUT2D eigenvalue weighted by atomic mass is 10.1. The summed E-state index contributed by atoms with van der Waals surface area (Å²) in [5.74, 6) is 0.570. The molecule has 0 fully saturated rings. The maximum Gasteiger partial charge on any atom is 0.263 e. The van der Waals surface area contributed by atoms with Gasteiger partial charge in [0.15, 0.2) is 17.6 Å². The van der Waals surface area contributed by atoms with Gasteiger partial charge in [0.2, 0.25) is 0 Å². The first kappa shape index (κ1) is 23.1. The Morgan fingerprint density at radius 3 is 2.59 bits per heavy atom. The van der Waals surface area contributed by atoms with Crippen molar-refractivity contribution in [1.82, 2.24) is 4.90 Å². The molecule has 0 spiro atoms. The number of hydrogen-bond acceptors (Lipinski definition) is 5. The Bertz CT molecular complexity index is 1230. The molecule has 2 amide bonds. The van der Waals surface area contributed by atoms with Crippen LogP contribution >= 0.6 is 0 Å². The van der Waals surface area contributed by atoms with Crippen molar-refractivity contribution >= 4 is 17.5 Å². The van der Waals surface area contributed by atoms with Gasteiger partial charge in [-0.05, 0) is 49.4 Å². The Morgan fingerprint density at radius 1 is 1.09 bits per heavy atom. The van der Waals surface area contributed by atoms with Gasteiger partial charge in [-0.3, -0.25) is 9.59 Å². The van der Waals surface area contributed by atoms with Crippen LogP contribution in [0.4, 0.5) is 10.1 Å². The van der Waals surface area contributed by atoms with Crippen LogP contribution in [-0.4, -0.2) is 37.0 Å². The van der Waals surface area contributed by atoms with Crippen LogP contribution in [0.25, 0.3) is 0 Å². The summed E-state index contributed by atoms with van der Waals surface area (Å²) in [6.07, 6.45) is -0.722. The highest BCUT2D eigenvalue weighted by Crippen LogP contribution is 2.31. The van der Waals surface area contributed by atoms with Gasteiger partial charge in [0.05, 0.1) is 14.2 Å². The molecule has 176 valence electrons. The molecule has 1 heterocycles. The number of halogens is 1. The third-order valence-electron chi connectivity index (χ3n) is 5.61. The van der Waals surface area contributed by atoms with E-state index in [4.69, 9.17) is 14.2 Å². The van der Waals surface area contributed by atoms with E-state index in [-0.39, 0.29) is 30.7 Å². The zero-order valence-electron chi connectivity index (χ0n) is 19.1. The number of amides is 2. The predicted molar refractivity (Wildman–Crippen MR) is 125 cm³/mol. The maximum absolute atomic E-state index is 14.2. The number of anilines is 1. The highest BCUT2D eigenvalue weighted by Gasteiger charge is 2.28. The highest BCUT2D eigenvalue weighted by atomic mass is 19.1. The van der Waals surface area contributed by atoms with Gasteiger partial charge in [0, 0.05) is 35.5 Å². The van der Waals surface area contributed by atoms with E-state index in [1.807, 2.05) is 0 Å². The summed E-state index contributed by atoms with van der Waals surface area (Å²) in [6.45, 7) is 1.99. The lowest BCUT2D eigenvalue weighted by molar-refractivity contribution is -0.138. The van der Waals surface area contributed by atoms with E-state index in [2.05, 4.69) is 5.32 Å². The molecule has 0 radical (unpaired) electrons. The predicted octanol–water partition coefficient (Wildman–Crippen LogP) is 4.40. The van der Waals surface area contributed by atoms with Crippen molar-refractivity contribution in [3.63, 3.8) is 0 Å². The second-order valence-electron chi connectivity index (χ2n) is 7.89. The molecular formula is C26H25FN2O5. The van der Waals surface area contributed by atoms with E-state index in [1.54, 1.807) is 66.4 Å². The molecule has 0 aromatic heterocycles. The number of fused-ring (bicyclic) bond motifs is 1. The molecule has 0 saturated carbocycles. The van der Waals surface area contributed by atoms with Crippen LogP contribution in [0.15, 0.2) is 60.7 Å². The lowest BCUT2D eigenvalue weighted by Crippen LogP contribution is -2.37. The minimum absolute atomic E-state index is 0.112. The molecule has 0 saturated heterocycles. The SMILES string of the molecule is COc1ccc(C(=O)Nc2ccc3c(c2)CN(Cc2ccccc2F)C(=O)C(C)O3)cc1OC. The number of rotatable bonds is 6. The lowest BCUT2D eigenvalue weighted by Gasteiger charge is -2.22. The van der Waals surface area contributed by atoms with Gasteiger partial charge >= 0.3 is 0 Å².